The molecule has 1 saturated heterocycles. The second-order valence-corrected chi connectivity index (χ2v) is 8.29. The number of furan rings is 1. The van der Waals surface area contributed by atoms with Gasteiger partial charge in [0, 0.05) is 59.6 Å². The average Bonchev–Trinajstić information content (AvgIpc) is 3.45. The Morgan fingerprint density at radius 3 is 2.88 bits per heavy atom. The van der Waals surface area contributed by atoms with E-state index in [9.17, 15) is 4.79 Å². The molecule has 1 amide bonds. The van der Waals surface area contributed by atoms with Crippen molar-refractivity contribution >= 4 is 16.8 Å². The number of fused-ring (bicyclic) bond motifs is 1. The van der Waals surface area contributed by atoms with Gasteiger partial charge in [0.2, 0.25) is 0 Å². The summed E-state index contributed by atoms with van der Waals surface area (Å²) in [5.74, 6) is 0.841. The first-order chi connectivity index (χ1) is 15.7. The van der Waals surface area contributed by atoms with Gasteiger partial charge in [0.15, 0.2) is 5.76 Å². The number of likely N-dealkylation sites (tertiary alicyclic amines) is 1. The van der Waals surface area contributed by atoms with E-state index in [0.29, 0.717) is 24.9 Å². The van der Waals surface area contributed by atoms with Crippen LogP contribution in [0.2, 0.25) is 0 Å². The maximum Gasteiger partial charge on any atom is 0.289 e. The van der Waals surface area contributed by atoms with Crippen molar-refractivity contribution in [3.8, 4) is 17.1 Å². The fourth-order valence-electron chi connectivity index (χ4n) is 4.73. The lowest BCUT2D eigenvalue weighted by molar-refractivity contribution is 0.0666. The number of ether oxygens (including phenoxy) is 1. The molecule has 6 heteroatoms. The van der Waals surface area contributed by atoms with E-state index in [0.717, 1.165) is 30.5 Å². The standard InChI is InChI=1S/C26H27N3O3/c1-3-31-22-10-9-21(32-22)26(30)29-15-5-7-19(16-29)25-23(18-11-13-27-14-12-18)20-8-4-6-17(2)24(20)28-25/h4,6,8-14,19,28H,3,5,7,15-16H2,1-2H3. The number of carbonyl (C=O) groups excluding carboxylic acids is 1. The second-order valence-electron chi connectivity index (χ2n) is 8.29. The van der Waals surface area contributed by atoms with Crippen molar-refractivity contribution in [3.05, 3.63) is 71.9 Å². The highest BCUT2D eigenvalue weighted by Crippen LogP contribution is 2.40. The van der Waals surface area contributed by atoms with Crippen LogP contribution >= 0.6 is 0 Å². The first kappa shape index (κ1) is 20.4. The molecule has 0 radical (unpaired) electrons. The van der Waals surface area contributed by atoms with Crippen LogP contribution in [0.15, 0.2) is 59.3 Å². The minimum atomic E-state index is -0.0848. The van der Waals surface area contributed by atoms with E-state index in [1.165, 1.54) is 22.2 Å². The number of rotatable bonds is 5. The molecule has 0 saturated carbocycles. The van der Waals surface area contributed by atoms with Crippen LogP contribution in [0.4, 0.5) is 0 Å². The predicted molar refractivity (Wildman–Crippen MR) is 124 cm³/mol. The third kappa shape index (κ3) is 3.66. The number of aromatic amines is 1. The second kappa shape index (κ2) is 8.54. The normalized spacial score (nSPS) is 16.4. The highest BCUT2D eigenvalue weighted by molar-refractivity contribution is 5.99. The lowest BCUT2D eigenvalue weighted by Crippen LogP contribution is -2.39. The fourth-order valence-corrected chi connectivity index (χ4v) is 4.73. The van der Waals surface area contributed by atoms with Crippen LogP contribution in [0.1, 0.15) is 47.5 Å². The number of carbonyl (C=O) groups is 1. The number of hydrogen-bond donors (Lipinski definition) is 1. The Kier molecular flexibility index (Phi) is 5.43. The van der Waals surface area contributed by atoms with Gasteiger partial charge >= 0.3 is 0 Å². The number of benzene rings is 1. The topological polar surface area (TPSA) is 71.4 Å². The molecular weight excluding hydrogens is 402 g/mol. The average molecular weight is 430 g/mol. The van der Waals surface area contributed by atoms with Gasteiger partial charge in [-0.15, -0.1) is 0 Å². The van der Waals surface area contributed by atoms with E-state index >= 15 is 0 Å². The Morgan fingerprint density at radius 2 is 2.06 bits per heavy atom. The molecule has 1 N–H and O–H groups in total. The molecule has 1 fully saturated rings. The van der Waals surface area contributed by atoms with Crippen LogP contribution in [0, 0.1) is 6.92 Å². The first-order valence-electron chi connectivity index (χ1n) is 11.2. The van der Waals surface area contributed by atoms with Crippen LogP contribution in [0.3, 0.4) is 0 Å². The predicted octanol–water partition coefficient (Wildman–Crippen LogP) is 5.55. The Labute approximate surface area is 187 Å². The highest BCUT2D eigenvalue weighted by Gasteiger charge is 2.30. The van der Waals surface area contributed by atoms with Crippen molar-refractivity contribution in [2.75, 3.05) is 19.7 Å². The third-order valence-electron chi connectivity index (χ3n) is 6.24. The zero-order chi connectivity index (χ0) is 22.1. The number of pyridine rings is 1. The van der Waals surface area contributed by atoms with Crippen molar-refractivity contribution in [2.45, 2.75) is 32.6 Å². The lowest BCUT2D eigenvalue weighted by Gasteiger charge is -2.32. The van der Waals surface area contributed by atoms with Crippen molar-refractivity contribution in [1.82, 2.24) is 14.9 Å². The first-order valence-corrected chi connectivity index (χ1v) is 11.2. The maximum atomic E-state index is 13.1. The van der Waals surface area contributed by atoms with Crippen molar-refractivity contribution < 1.29 is 13.9 Å². The summed E-state index contributed by atoms with van der Waals surface area (Å²) in [4.78, 5) is 22.9. The van der Waals surface area contributed by atoms with E-state index in [1.54, 1.807) is 12.1 Å². The number of aryl methyl sites for hydroxylation is 1. The Morgan fingerprint density at radius 1 is 1.22 bits per heavy atom. The van der Waals surface area contributed by atoms with Gasteiger partial charge in [-0.1, -0.05) is 18.2 Å². The summed E-state index contributed by atoms with van der Waals surface area (Å²) in [6.07, 6.45) is 5.63. The van der Waals surface area contributed by atoms with E-state index in [-0.39, 0.29) is 11.8 Å². The van der Waals surface area contributed by atoms with E-state index in [4.69, 9.17) is 9.15 Å². The van der Waals surface area contributed by atoms with Gasteiger partial charge in [0.1, 0.15) is 0 Å². The SMILES string of the molecule is CCOc1ccc(C(=O)N2CCCC(c3[nH]c4c(C)cccc4c3-c3ccncc3)C2)o1. The van der Waals surface area contributed by atoms with Crippen LogP contribution in [0.5, 0.6) is 5.95 Å². The summed E-state index contributed by atoms with van der Waals surface area (Å²) in [6.45, 7) is 5.89. The molecule has 6 nitrogen and oxygen atoms in total. The minimum absolute atomic E-state index is 0.0848. The largest absolute Gasteiger partial charge is 0.465 e. The van der Waals surface area contributed by atoms with Crippen molar-refractivity contribution in [1.29, 1.82) is 0 Å². The minimum Gasteiger partial charge on any atom is -0.465 e. The molecule has 1 unspecified atom stereocenters. The Hall–Kier alpha value is -3.54. The molecule has 4 aromatic rings. The number of H-pyrrole nitrogens is 1. The van der Waals surface area contributed by atoms with Gasteiger partial charge in [-0.05, 0) is 56.0 Å². The molecule has 0 aliphatic carbocycles. The maximum absolute atomic E-state index is 13.1. The van der Waals surface area contributed by atoms with Gasteiger partial charge in [-0.3, -0.25) is 9.78 Å². The van der Waals surface area contributed by atoms with Crippen molar-refractivity contribution in [2.24, 2.45) is 0 Å². The summed E-state index contributed by atoms with van der Waals surface area (Å²) >= 11 is 0. The van der Waals surface area contributed by atoms with Gasteiger partial charge < -0.3 is 19.0 Å². The lowest BCUT2D eigenvalue weighted by atomic mass is 9.89. The molecule has 1 aliphatic rings. The quantitative estimate of drug-likeness (QED) is 0.451. The van der Waals surface area contributed by atoms with E-state index in [1.807, 2.05) is 24.2 Å². The van der Waals surface area contributed by atoms with E-state index in [2.05, 4.69) is 47.2 Å². The number of para-hydroxylation sites is 1. The Balaban J connectivity index is 1.50. The van der Waals surface area contributed by atoms with Crippen LogP contribution in [-0.2, 0) is 0 Å². The third-order valence-corrected chi connectivity index (χ3v) is 6.24. The highest BCUT2D eigenvalue weighted by atomic mass is 16.6. The van der Waals surface area contributed by atoms with Gasteiger partial charge in [-0.25, -0.2) is 0 Å². The number of nitrogens with zero attached hydrogens (tertiary/aromatic N) is 2. The van der Waals surface area contributed by atoms with Crippen molar-refractivity contribution in [3.63, 3.8) is 0 Å². The Bertz CT molecular complexity index is 1240. The molecule has 32 heavy (non-hydrogen) atoms. The molecule has 1 aliphatic heterocycles. The number of piperidine rings is 1. The molecule has 0 bridgehead atoms. The summed E-state index contributed by atoms with van der Waals surface area (Å²) in [5.41, 5.74) is 5.91. The number of amides is 1. The number of nitrogens with one attached hydrogen (secondary N) is 1. The smallest absolute Gasteiger partial charge is 0.289 e. The van der Waals surface area contributed by atoms with Gasteiger partial charge in [0.05, 0.1) is 6.61 Å². The molecule has 1 aromatic carbocycles. The molecular formula is C26H27N3O3. The monoisotopic (exact) mass is 429 g/mol. The summed E-state index contributed by atoms with van der Waals surface area (Å²) in [5, 5.41) is 1.21. The van der Waals surface area contributed by atoms with Crippen LogP contribution in [0.25, 0.3) is 22.0 Å². The van der Waals surface area contributed by atoms with Crippen LogP contribution < -0.4 is 4.74 Å². The molecule has 0 spiro atoms. The van der Waals surface area contributed by atoms with Gasteiger partial charge in [-0.2, -0.15) is 0 Å². The van der Waals surface area contributed by atoms with Gasteiger partial charge in [0.25, 0.3) is 11.9 Å². The summed E-state index contributed by atoms with van der Waals surface area (Å²) in [7, 11) is 0. The zero-order valence-electron chi connectivity index (χ0n) is 18.4. The molecule has 5 rings (SSSR count). The number of aromatic nitrogens is 2. The molecule has 164 valence electrons. The molecule has 4 heterocycles. The summed E-state index contributed by atoms with van der Waals surface area (Å²) < 4.78 is 11.0. The molecule has 1 atom stereocenters. The number of hydrogen-bond acceptors (Lipinski definition) is 4. The van der Waals surface area contributed by atoms with E-state index < -0.39 is 0 Å². The summed E-state index contributed by atoms with van der Waals surface area (Å²) in [6, 6.07) is 13.9. The van der Waals surface area contributed by atoms with Crippen LogP contribution in [-0.4, -0.2) is 40.5 Å². The zero-order valence-corrected chi connectivity index (χ0v) is 18.4. The molecule has 3 aromatic heterocycles. The fraction of sp³-hybridized carbons (Fsp3) is 0.308.